The summed E-state index contributed by atoms with van der Waals surface area (Å²) in [4.78, 5) is 10.7. The third-order valence-electron chi connectivity index (χ3n) is 2.12. The second-order valence-corrected chi connectivity index (χ2v) is 4.47. The van der Waals surface area contributed by atoms with Crippen molar-refractivity contribution < 1.29 is 9.90 Å². The summed E-state index contributed by atoms with van der Waals surface area (Å²) < 4.78 is 0.858. The number of carboxylic acid groups (broad SMARTS) is 1. The molecule has 1 aromatic carbocycles. The smallest absolute Gasteiger partial charge is 0.307 e. The van der Waals surface area contributed by atoms with Crippen LogP contribution in [0.2, 0.25) is 0 Å². The van der Waals surface area contributed by atoms with Crippen LogP contribution in [0.3, 0.4) is 0 Å². The Morgan fingerprint density at radius 1 is 1.47 bits per heavy atom. The highest BCUT2D eigenvalue weighted by Gasteiger charge is 2.09. The molecule has 0 saturated carbocycles. The van der Waals surface area contributed by atoms with E-state index in [4.69, 9.17) is 16.7 Å². The number of rotatable bonds is 5. The highest BCUT2D eigenvalue weighted by molar-refractivity contribution is 9.10. The Balaban J connectivity index is 2.92. The molecule has 0 saturated heterocycles. The molecule has 0 aromatic heterocycles. The van der Waals surface area contributed by atoms with Gasteiger partial charge in [-0.15, -0.1) is 11.6 Å². The quantitative estimate of drug-likeness (QED) is 0.846. The van der Waals surface area contributed by atoms with Crippen LogP contribution in [0, 0.1) is 0 Å². The van der Waals surface area contributed by atoms with E-state index in [1.807, 2.05) is 18.2 Å². The molecule has 0 radical (unpaired) electrons. The van der Waals surface area contributed by atoms with Crippen LogP contribution >= 0.6 is 27.5 Å². The predicted molar refractivity (Wildman–Crippen MR) is 64.5 cm³/mol. The van der Waals surface area contributed by atoms with Gasteiger partial charge in [0.2, 0.25) is 0 Å². The number of halogens is 2. The lowest BCUT2D eigenvalue weighted by molar-refractivity contribution is -0.136. The summed E-state index contributed by atoms with van der Waals surface area (Å²) in [6.45, 7) is 0. The average molecular weight is 292 g/mol. The van der Waals surface area contributed by atoms with E-state index in [9.17, 15) is 4.79 Å². The lowest BCUT2D eigenvalue weighted by atomic mass is 10.0. The minimum Gasteiger partial charge on any atom is -0.481 e. The van der Waals surface area contributed by atoms with Crippen LogP contribution in [0.1, 0.15) is 17.5 Å². The number of hydrogen-bond donors (Lipinski definition) is 1. The topological polar surface area (TPSA) is 37.3 Å². The van der Waals surface area contributed by atoms with E-state index >= 15 is 0 Å². The van der Waals surface area contributed by atoms with E-state index < -0.39 is 5.97 Å². The Kier molecular flexibility index (Phi) is 5.12. The largest absolute Gasteiger partial charge is 0.481 e. The number of hydrogen-bond acceptors (Lipinski definition) is 1. The third-order valence-corrected chi connectivity index (χ3v) is 3.13. The molecule has 15 heavy (non-hydrogen) atoms. The normalized spacial score (nSPS) is 10.3. The Labute approximate surface area is 102 Å². The van der Waals surface area contributed by atoms with E-state index in [2.05, 4.69) is 15.9 Å². The molecule has 4 heteroatoms. The van der Waals surface area contributed by atoms with Crippen LogP contribution in [-0.2, 0) is 17.6 Å². The first kappa shape index (κ1) is 12.5. The number of aryl methyl sites for hydroxylation is 1. The molecule has 1 rings (SSSR count). The van der Waals surface area contributed by atoms with Crippen molar-refractivity contribution in [1.29, 1.82) is 0 Å². The maximum Gasteiger partial charge on any atom is 0.307 e. The lowest BCUT2D eigenvalue weighted by Crippen LogP contribution is -2.05. The Bertz CT molecular complexity index is 352. The lowest BCUT2D eigenvalue weighted by Gasteiger charge is -2.08. The van der Waals surface area contributed by atoms with Crippen LogP contribution in [0.15, 0.2) is 22.7 Å². The second-order valence-electron chi connectivity index (χ2n) is 3.24. The number of alkyl halides is 1. The number of carbonyl (C=O) groups is 1. The first-order chi connectivity index (χ1) is 7.15. The molecule has 82 valence electrons. The Morgan fingerprint density at radius 2 is 2.20 bits per heavy atom. The molecular weight excluding hydrogens is 279 g/mol. The van der Waals surface area contributed by atoms with Crippen molar-refractivity contribution in [1.82, 2.24) is 0 Å². The van der Waals surface area contributed by atoms with Crippen molar-refractivity contribution in [2.45, 2.75) is 19.3 Å². The minimum absolute atomic E-state index is 0.0546. The third kappa shape index (κ3) is 3.84. The molecule has 1 aromatic rings. The van der Waals surface area contributed by atoms with Gasteiger partial charge >= 0.3 is 5.97 Å². The molecule has 2 nitrogen and oxygen atoms in total. The van der Waals surface area contributed by atoms with Crippen molar-refractivity contribution in [3.05, 3.63) is 33.8 Å². The van der Waals surface area contributed by atoms with Gasteiger partial charge in [0.25, 0.3) is 0 Å². The summed E-state index contributed by atoms with van der Waals surface area (Å²) in [5.41, 5.74) is 1.92. The molecule has 1 N–H and O–H groups in total. The van der Waals surface area contributed by atoms with E-state index in [-0.39, 0.29) is 6.42 Å². The van der Waals surface area contributed by atoms with Crippen molar-refractivity contribution in [2.24, 2.45) is 0 Å². The van der Waals surface area contributed by atoms with Crippen LogP contribution in [0.25, 0.3) is 0 Å². The van der Waals surface area contributed by atoms with Gasteiger partial charge in [-0.1, -0.05) is 28.1 Å². The van der Waals surface area contributed by atoms with Gasteiger partial charge in [0.15, 0.2) is 0 Å². The van der Waals surface area contributed by atoms with Crippen molar-refractivity contribution >= 4 is 33.5 Å². The second kappa shape index (κ2) is 6.13. The van der Waals surface area contributed by atoms with Gasteiger partial charge in [-0.05, 0) is 30.0 Å². The predicted octanol–water partition coefficient (Wildman–Crippen LogP) is 3.25. The zero-order chi connectivity index (χ0) is 11.3. The van der Waals surface area contributed by atoms with Gasteiger partial charge in [0, 0.05) is 10.4 Å². The van der Waals surface area contributed by atoms with Crippen LogP contribution in [-0.4, -0.2) is 17.0 Å². The fourth-order valence-corrected chi connectivity index (χ4v) is 2.13. The molecule has 0 atom stereocenters. The summed E-state index contributed by atoms with van der Waals surface area (Å²) >= 11 is 8.99. The van der Waals surface area contributed by atoms with Gasteiger partial charge in [0.1, 0.15) is 0 Å². The number of benzene rings is 1. The molecule has 0 aliphatic rings. The molecule has 0 fully saturated rings. The first-order valence-electron chi connectivity index (χ1n) is 4.69. The molecular formula is C11H12BrClO2. The van der Waals surface area contributed by atoms with Crippen LogP contribution < -0.4 is 0 Å². The summed E-state index contributed by atoms with van der Waals surface area (Å²) in [5.74, 6) is -0.215. The fraction of sp³-hybridized carbons (Fsp3) is 0.364. The number of aliphatic carboxylic acids is 1. The summed E-state index contributed by atoms with van der Waals surface area (Å²) in [7, 11) is 0. The maximum absolute atomic E-state index is 10.7. The van der Waals surface area contributed by atoms with E-state index in [1.54, 1.807) is 0 Å². The summed E-state index contributed by atoms with van der Waals surface area (Å²) in [6, 6.07) is 5.73. The van der Waals surface area contributed by atoms with Gasteiger partial charge < -0.3 is 5.11 Å². The minimum atomic E-state index is -0.811. The van der Waals surface area contributed by atoms with Gasteiger partial charge in [-0.25, -0.2) is 0 Å². The molecule has 0 amide bonds. The van der Waals surface area contributed by atoms with Gasteiger partial charge in [0.05, 0.1) is 6.42 Å². The first-order valence-corrected chi connectivity index (χ1v) is 6.02. The molecule has 0 bridgehead atoms. The van der Waals surface area contributed by atoms with E-state index in [0.717, 1.165) is 28.4 Å². The molecule has 0 aliphatic carbocycles. The van der Waals surface area contributed by atoms with Crippen LogP contribution in [0.5, 0.6) is 0 Å². The molecule has 0 unspecified atom stereocenters. The maximum atomic E-state index is 10.7. The van der Waals surface area contributed by atoms with Gasteiger partial charge in [-0.3, -0.25) is 4.79 Å². The average Bonchev–Trinajstić information content (AvgIpc) is 2.18. The van der Waals surface area contributed by atoms with Crippen molar-refractivity contribution in [2.75, 3.05) is 5.88 Å². The highest BCUT2D eigenvalue weighted by atomic mass is 79.9. The molecule has 0 aliphatic heterocycles. The number of carboxylic acids is 1. The summed E-state index contributed by atoms with van der Waals surface area (Å²) in [6.07, 6.45) is 1.75. The highest BCUT2D eigenvalue weighted by Crippen LogP contribution is 2.22. The Morgan fingerprint density at radius 3 is 2.80 bits per heavy atom. The summed E-state index contributed by atoms with van der Waals surface area (Å²) in [5, 5.41) is 8.79. The van der Waals surface area contributed by atoms with E-state index in [0.29, 0.717) is 5.88 Å². The molecule has 0 heterocycles. The molecule has 0 spiro atoms. The van der Waals surface area contributed by atoms with E-state index in [1.165, 1.54) is 0 Å². The zero-order valence-corrected chi connectivity index (χ0v) is 10.5. The van der Waals surface area contributed by atoms with Gasteiger partial charge in [-0.2, -0.15) is 0 Å². The Hall–Kier alpha value is -0.540. The standard InChI is InChI=1S/C11H12BrClO2/c12-10-5-1-3-8(4-2-6-13)9(10)7-11(14)15/h1,3,5H,2,4,6-7H2,(H,14,15). The fourth-order valence-electron chi connectivity index (χ4n) is 1.44. The van der Waals surface area contributed by atoms with Crippen molar-refractivity contribution in [3.8, 4) is 0 Å². The monoisotopic (exact) mass is 290 g/mol. The SMILES string of the molecule is O=C(O)Cc1c(Br)cccc1CCCCl. The van der Waals surface area contributed by atoms with Crippen molar-refractivity contribution in [3.63, 3.8) is 0 Å². The van der Waals surface area contributed by atoms with Crippen LogP contribution in [0.4, 0.5) is 0 Å². The zero-order valence-electron chi connectivity index (χ0n) is 8.17.